The number of hydrogen-bond acceptors (Lipinski definition) is 5. The lowest BCUT2D eigenvalue weighted by Crippen LogP contribution is -2.51. The zero-order chi connectivity index (χ0) is 9.61. The van der Waals surface area contributed by atoms with E-state index in [1.807, 2.05) is 0 Å². The first-order valence-electron chi connectivity index (χ1n) is 3.80. The molecule has 12 heavy (non-hydrogen) atoms. The molecule has 72 valence electrons. The number of rotatable bonds is 5. The topological polar surface area (TPSA) is 84.6 Å². The number of carbonyl (C=O) groups is 1. The summed E-state index contributed by atoms with van der Waals surface area (Å²) in [6.07, 6.45) is 0.819. The minimum Gasteiger partial charge on any atom is -0.466 e. The second-order valence-corrected chi connectivity index (χ2v) is 2.49. The zero-order valence-electron chi connectivity index (χ0n) is 7.46. The van der Waals surface area contributed by atoms with Crippen LogP contribution in [0.1, 0.15) is 12.8 Å². The fraction of sp³-hybridized carbons (Fsp3) is 0.857. The van der Waals surface area contributed by atoms with Gasteiger partial charge in [0.05, 0.1) is 7.11 Å². The molecule has 0 radical (unpaired) electrons. The van der Waals surface area contributed by atoms with Gasteiger partial charge < -0.3 is 15.6 Å². The van der Waals surface area contributed by atoms with Gasteiger partial charge in [-0.1, -0.05) is 0 Å². The first kappa shape index (κ1) is 11.4. The van der Waals surface area contributed by atoms with Gasteiger partial charge in [-0.05, 0) is 20.0 Å². The standard InChI is InChI=1S/C7H16N2O3/c1-9-7(11,4-3-5-8)6(10)12-2/h9,11H,3-5,8H2,1-2H3. The number of nitrogens with two attached hydrogens (primary N) is 1. The predicted octanol–water partition coefficient (Wildman–Crippen LogP) is -1.19. The molecule has 5 heteroatoms. The molecular formula is C7H16N2O3. The van der Waals surface area contributed by atoms with Crippen LogP contribution in [-0.2, 0) is 9.53 Å². The Bertz CT molecular complexity index is 152. The Balaban J connectivity index is 4.13. The molecule has 0 aromatic carbocycles. The van der Waals surface area contributed by atoms with Crippen molar-refractivity contribution in [2.75, 3.05) is 20.7 Å². The van der Waals surface area contributed by atoms with Gasteiger partial charge >= 0.3 is 5.97 Å². The van der Waals surface area contributed by atoms with Crippen LogP contribution in [0.3, 0.4) is 0 Å². The summed E-state index contributed by atoms with van der Waals surface area (Å²) in [6, 6.07) is 0. The lowest BCUT2D eigenvalue weighted by molar-refractivity contribution is -0.166. The Kier molecular flexibility index (Phi) is 4.80. The first-order chi connectivity index (χ1) is 5.60. The molecule has 0 bridgehead atoms. The van der Waals surface area contributed by atoms with Crippen LogP contribution in [0.25, 0.3) is 0 Å². The third kappa shape index (κ3) is 2.77. The molecule has 0 saturated carbocycles. The second-order valence-electron chi connectivity index (χ2n) is 2.49. The van der Waals surface area contributed by atoms with Gasteiger partial charge in [0.15, 0.2) is 0 Å². The van der Waals surface area contributed by atoms with Crippen molar-refractivity contribution in [1.82, 2.24) is 5.32 Å². The van der Waals surface area contributed by atoms with Gasteiger partial charge in [-0.3, -0.25) is 5.32 Å². The number of hydrogen-bond donors (Lipinski definition) is 3. The normalized spacial score (nSPS) is 15.3. The average molecular weight is 176 g/mol. The van der Waals surface area contributed by atoms with Crippen LogP contribution in [0, 0.1) is 0 Å². The minimum absolute atomic E-state index is 0.257. The minimum atomic E-state index is -1.59. The molecule has 0 saturated heterocycles. The number of methoxy groups -OCH3 is 1. The van der Waals surface area contributed by atoms with Gasteiger partial charge in [0.25, 0.3) is 0 Å². The zero-order valence-corrected chi connectivity index (χ0v) is 7.46. The van der Waals surface area contributed by atoms with Crippen molar-refractivity contribution in [1.29, 1.82) is 0 Å². The SMILES string of the molecule is CNC(O)(CCCN)C(=O)OC. The molecule has 0 aliphatic carbocycles. The number of ether oxygens (including phenoxy) is 1. The molecule has 0 aliphatic heterocycles. The Morgan fingerprint density at radius 1 is 1.75 bits per heavy atom. The van der Waals surface area contributed by atoms with E-state index in [1.165, 1.54) is 14.2 Å². The summed E-state index contributed by atoms with van der Waals surface area (Å²) < 4.78 is 4.41. The van der Waals surface area contributed by atoms with Crippen molar-refractivity contribution >= 4 is 5.97 Å². The van der Waals surface area contributed by atoms with Crippen LogP contribution in [-0.4, -0.2) is 37.5 Å². The monoisotopic (exact) mass is 176 g/mol. The molecular weight excluding hydrogens is 160 g/mol. The van der Waals surface area contributed by atoms with E-state index in [0.717, 1.165) is 0 Å². The van der Waals surface area contributed by atoms with E-state index >= 15 is 0 Å². The summed E-state index contributed by atoms with van der Waals surface area (Å²) in [5.41, 5.74) is 3.65. The van der Waals surface area contributed by atoms with E-state index in [1.54, 1.807) is 0 Å². The highest BCUT2D eigenvalue weighted by molar-refractivity contribution is 5.78. The van der Waals surface area contributed by atoms with Gasteiger partial charge in [-0.2, -0.15) is 0 Å². The maximum Gasteiger partial charge on any atom is 0.353 e. The molecule has 0 aliphatic rings. The Morgan fingerprint density at radius 2 is 2.33 bits per heavy atom. The highest BCUT2D eigenvalue weighted by atomic mass is 16.5. The summed E-state index contributed by atoms with van der Waals surface area (Å²) in [7, 11) is 2.72. The molecule has 0 aromatic rings. The first-order valence-corrected chi connectivity index (χ1v) is 3.80. The van der Waals surface area contributed by atoms with Gasteiger partial charge in [-0.15, -0.1) is 0 Å². The molecule has 1 atom stereocenters. The van der Waals surface area contributed by atoms with Gasteiger partial charge in [0, 0.05) is 6.42 Å². The van der Waals surface area contributed by atoms with Gasteiger partial charge in [0.1, 0.15) is 0 Å². The van der Waals surface area contributed by atoms with Crippen molar-refractivity contribution in [2.45, 2.75) is 18.6 Å². The maximum atomic E-state index is 11.0. The molecule has 0 rings (SSSR count). The molecule has 4 N–H and O–H groups in total. The summed E-state index contributed by atoms with van der Waals surface area (Å²) >= 11 is 0. The van der Waals surface area contributed by atoms with Crippen molar-refractivity contribution in [2.24, 2.45) is 5.73 Å². The van der Waals surface area contributed by atoms with Crippen molar-refractivity contribution in [3.63, 3.8) is 0 Å². The molecule has 0 heterocycles. The Labute approximate surface area is 71.9 Å². The third-order valence-electron chi connectivity index (χ3n) is 1.68. The van der Waals surface area contributed by atoms with Crippen LogP contribution < -0.4 is 11.1 Å². The van der Waals surface area contributed by atoms with Crippen LogP contribution in [0.2, 0.25) is 0 Å². The van der Waals surface area contributed by atoms with E-state index in [4.69, 9.17) is 5.73 Å². The van der Waals surface area contributed by atoms with E-state index in [0.29, 0.717) is 13.0 Å². The van der Waals surface area contributed by atoms with Crippen LogP contribution in [0.4, 0.5) is 0 Å². The lowest BCUT2D eigenvalue weighted by Gasteiger charge is -2.23. The number of aliphatic hydroxyl groups is 1. The number of nitrogens with one attached hydrogen (secondary N) is 1. The van der Waals surface area contributed by atoms with Crippen LogP contribution in [0.5, 0.6) is 0 Å². The molecule has 0 spiro atoms. The van der Waals surface area contributed by atoms with Crippen LogP contribution >= 0.6 is 0 Å². The Hall–Kier alpha value is -0.650. The van der Waals surface area contributed by atoms with E-state index in [2.05, 4.69) is 10.1 Å². The molecule has 0 amide bonds. The third-order valence-corrected chi connectivity index (χ3v) is 1.68. The Morgan fingerprint density at radius 3 is 2.67 bits per heavy atom. The summed E-state index contributed by atoms with van der Waals surface area (Å²) in [6.45, 7) is 0.432. The summed E-state index contributed by atoms with van der Waals surface area (Å²) in [4.78, 5) is 11.0. The highest BCUT2D eigenvalue weighted by Gasteiger charge is 2.34. The predicted molar refractivity (Wildman–Crippen MR) is 44.3 cm³/mol. The van der Waals surface area contributed by atoms with Crippen molar-refractivity contribution < 1.29 is 14.6 Å². The molecule has 1 unspecified atom stereocenters. The number of esters is 1. The van der Waals surface area contributed by atoms with Crippen molar-refractivity contribution in [3.05, 3.63) is 0 Å². The summed E-state index contributed by atoms with van der Waals surface area (Å²) in [5.74, 6) is -0.682. The van der Waals surface area contributed by atoms with E-state index in [-0.39, 0.29) is 6.42 Å². The van der Waals surface area contributed by atoms with Crippen molar-refractivity contribution in [3.8, 4) is 0 Å². The van der Waals surface area contributed by atoms with E-state index < -0.39 is 11.7 Å². The van der Waals surface area contributed by atoms with Gasteiger partial charge in [0.2, 0.25) is 5.72 Å². The van der Waals surface area contributed by atoms with Gasteiger partial charge in [-0.25, -0.2) is 4.79 Å². The molecule has 0 aromatic heterocycles. The lowest BCUT2D eigenvalue weighted by atomic mass is 10.1. The smallest absolute Gasteiger partial charge is 0.353 e. The van der Waals surface area contributed by atoms with Crippen LogP contribution in [0.15, 0.2) is 0 Å². The molecule has 0 fully saturated rings. The fourth-order valence-electron chi connectivity index (χ4n) is 0.856. The molecule has 5 nitrogen and oxygen atoms in total. The number of carbonyl (C=O) groups excluding carboxylic acids is 1. The fourth-order valence-corrected chi connectivity index (χ4v) is 0.856. The average Bonchev–Trinajstić information content (AvgIpc) is 2.12. The quantitative estimate of drug-likeness (QED) is 0.362. The largest absolute Gasteiger partial charge is 0.466 e. The maximum absolute atomic E-state index is 11.0. The highest BCUT2D eigenvalue weighted by Crippen LogP contribution is 2.09. The number of likely N-dealkylation sites (N-methyl/N-ethyl adjacent to an activating group) is 1. The summed E-state index contributed by atoms with van der Waals surface area (Å²) in [5, 5.41) is 12.1. The second kappa shape index (κ2) is 5.08. The van der Waals surface area contributed by atoms with E-state index in [9.17, 15) is 9.90 Å².